The van der Waals surface area contributed by atoms with E-state index in [4.69, 9.17) is 64.8 Å². The van der Waals surface area contributed by atoms with Crippen molar-refractivity contribution in [1.29, 1.82) is 16.2 Å². The molecule has 6 aliphatic rings. The molecule has 3 aliphatic heterocycles. The highest BCUT2D eigenvalue weighted by molar-refractivity contribution is 6.55. The molecule has 29 heteroatoms. The summed E-state index contributed by atoms with van der Waals surface area (Å²) in [5, 5.41) is 51.5. The topological polar surface area (TPSA) is 299 Å². The number of nitrogens with one attached hydrogen (secondary N) is 8. The zero-order chi connectivity index (χ0) is 77.0. The number of aromatic nitrogens is 9. The van der Waals surface area contributed by atoms with Crippen LogP contribution in [0.3, 0.4) is 0 Å². The lowest BCUT2D eigenvalue weighted by Gasteiger charge is -2.27. The van der Waals surface area contributed by atoms with Gasteiger partial charge in [0.15, 0.2) is 17.5 Å². The van der Waals surface area contributed by atoms with Crippen molar-refractivity contribution in [3.05, 3.63) is 160 Å². The summed E-state index contributed by atoms with van der Waals surface area (Å²) < 4.78 is 37.5. The van der Waals surface area contributed by atoms with Crippen LogP contribution in [0.1, 0.15) is 75.5 Å². The van der Waals surface area contributed by atoms with E-state index in [1.54, 1.807) is 0 Å². The molecule has 0 atom stereocenters. The van der Waals surface area contributed by atoms with Gasteiger partial charge in [-0.2, -0.15) is 0 Å². The van der Waals surface area contributed by atoms with E-state index < -0.39 is 0 Å². The molecule has 3 saturated heterocycles. The van der Waals surface area contributed by atoms with Crippen LogP contribution in [0, 0.1) is 43.9 Å². The molecule has 0 aromatic carbocycles. The predicted octanol–water partition coefficient (Wildman–Crippen LogP) is 9.84. The van der Waals surface area contributed by atoms with Crippen molar-refractivity contribution in [3.8, 4) is 0 Å². The van der Waals surface area contributed by atoms with Gasteiger partial charge in [-0.3, -0.25) is 30.9 Å². The van der Waals surface area contributed by atoms with Gasteiger partial charge < -0.3 is 68.9 Å². The maximum Gasteiger partial charge on any atom is 0.175 e. The van der Waals surface area contributed by atoms with Crippen molar-refractivity contribution >= 4 is 103 Å². The first kappa shape index (κ1) is 77.8. The van der Waals surface area contributed by atoms with Gasteiger partial charge in [0, 0.05) is 163 Å². The van der Waals surface area contributed by atoms with Crippen LogP contribution < -0.4 is 16.0 Å². The van der Waals surface area contributed by atoms with Gasteiger partial charge >= 0.3 is 0 Å². The van der Waals surface area contributed by atoms with Crippen LogP contribution in [0.15, 0.2) is 119 Å². The van der Waals surface area contributed by atoms with Crippen molar-refractivity contribution in [1.82, 2.24) is 72.8 Å². The number of aromatic amines is 2. The van der Waals surface area contributed by atoms with E-state index in [1.807, 2.05) is 159 Å². The third kappa shape index (κ3) is 18.1. The highest BCUT2D eigenvalue weighted by Gasteiger charge is 2.33. The molecule has 0 bridgehead atoms. The summed E-state index contributed by atoms with van der Waals surface area (Å²) in [6.45, 7) is 26.4. The van der Waals surface area contributed by atoms with Gasteiger partial charge in [-0.15, -0.1) is 15.3 Å². The van der Waals surface area contributed by atoms with Gasteiger partial charge in [-0.05, 0) is 150 Å². The van der Waals surface area contributed by atoms with Gasteiger partial charge in [0.2, 0.25) is 0 Å². The summed E-state index contributed by atoms with van der Waals surface area (Å²) in [7, 11) is 14.3. The van der Waals surface area contributed by atoms with Crippen molar-refractivity contribution < 1.29 is 23.7 Å². The number of pyridine rings is 3. The van der Waals surface area contributed by atoms with E-state index in [0.29, 0.717) is 88.8 Å². The first-order valence-electron chi connectivity index (χ1n) is 38.4. The van der Waals surface area contributed by atoms with Crippen LogP contribution in [-0.4, -0.2) is 294 Å². The number of H-pyrrole nitrogens is 2. The molecule has 9 aromatic rings. The second-order valence-corrected chi connectivity index (χ2v) is 29.3. The molecule has 0 saturated carbocycles. The molecule has 110 heavy (non-hydrogen) atoms. The lowest BCUT2D eigenvalue weighted by atomic mass is 9.95. The minimum Gasteiger partial charge on any atom is -0.490 e. The first-order valence-corrected chi connectivity index (χ1v) is 38.4. The number of aryl methyl sites for hydroxylation is 1. The van der Waals surface area contributed by atoms with Crippen molar-refractivity contribution in [2.24, 2.45) is 22.0 Å². The number of aliphatic imine (C=N–C) groups is 3. The standard InChI is InChI=1S/C29H40N8O.C27H36N8O2.C25H32N8O2/c1-20-21(2)35(5)28-24(38-18-17-36-13-8-6-9-14-36)19-22(26(30)25(20)28)32-27-23-11-7-10-15-37(23)33-29(27)31-12-16-34(3)4;1-18-19(2)30-26-22(37-16-13-34-11-14-36-15-12-34)17-20(24(28)23(18)26)31-25-21-7-5-6-9-35(21)32-27(25)29-8-10-33(3)4;1-31(2)10-8-28-25-24(20-5-3-4-9-33(20)30-25)29-19-17-21(23-18(22(19)26)6-7-27-23)35-16-13-32-11-14-34-15-12-32/h7,10-11,15,19,30H,6,8-9,12-14,16-18H2,1-5H3,(H,31,33);5-7,9,17,28,30H,8,10-16H2,1-4H3,(H,29,32);3-7,9,17,26-27H,8,10-16H2,1-2H3,(H,28,30). The number of fused-ring (bicyclic) bond motifs is 6. The average Bonchev–Trinajstić information content (AvgIpc) is 1.50. The highest BCUT2D eigenvalue weighted by atomic mass is 16.5. The van der Waals surface area contributed by atoms with E-state index in [2.05, 4.69) is 94.9 Å². The quantitative estimate of drug-likeness (QED) is 0.0237. The number of morpholine rings is 2. The second-order valence-electron chi connectivity index (χ2n) is 29.3. The zero-order valence-corrected chi connectivity index (χ0v) is 65.7. The molecule has 0 unspecified atom stereocenters. The minimum atomic E-state index is 0.358. The third-order valence-electron chi connectivity index (χ3n) is 20.8. The molecule has 0 amide bonds. The number of allylic oxidation sites excluding steroid dienone is 3. The van der Waals surface area contributed by atoms with Gasteiger partial charge in [0.05, 0.1) is 94.3 Å². The molecular weight excluding hydrogens is 1390 g/mol. The molecule has 29 nitrogen and oxygen atoms in total. The summed E-state index contributed by atoms with van der Waals surface area (Å²) in [5.41, 5.74) is 17.1. The Morgan fingerprint density at radius 2 is 0.900 bits per heavy atom. The van der Waals surface area contributed by atoms with E-state index in [1.165, 1.54) is 19.3 Å². The Morgan fingerprint density at radius 3 is 1.35 bits per heavy atom. The zero-order valence-electron chi connectivity index (χ0n) is 65.7. The predicted molar refractivity (Wildman–Crippen MR) is 441 cm³/mol. The Morgan fingerprint density at radius 1 is 0.491 bits per heavy atom. The molecule has 8 N–H and O–H groups in total. The number of ether oxygens (including phenoxy) is 5. The summed E-state index contributed by atoms with van der Waals surface area (Å²) in [6, 6.07) is 19.7. The molecule has 0 spiro atoms. The molecule has 582 valence electrons. The van der Waals surface area contributed by atoms with Gasteiger partial charge in [0.1, 0.15) is 54.2 Å². The number of piperidine rings is 1. The van der Waals surface area contributed by atoms with E-state index in [0.717, 1.165) is 215 Å². The Bertz CT molecular complexity index is 4950. The number of anilines is 3. The summed E-state index contributed by atoms with van der Waals surface area (Å²) >= 11 is 0. The van der Waals surface area contributed by atoms with Crippen molar-refractivity contribution in [3.63, 3.8) is 0 Å². The maximum absolute atomic E-state index is 9.17. The Kier molecular flexibility index (Phi) is 25.4. The lowest BCUT2D eigenvalue weighted by Crippen LogP contribution is -2.38. The van der Waals surface area contributed by atoms with Crippen LogP contribution in [0.25, 0.3) is 33.8 Å². The lowest BCUT2D eigenvalue weighted by molar-refractivity contribution is 0.0304. The van der Waals surface area contributed by atoms with Gasteiger partial charge in [-0.1, -0.05) is 24.6 Å². The number of likely N-dealkylation sites (tertiary alicyclic amines) is 1. The van der Waals surface area contributed by atoms with Crippen LogP contribution in [0.4, 0.5) is 34.5 Å². The van der Waals surface area contributed by atoms with Crippen LogP contribution in [0.5, 0.6) is 0 Å². The monoisotopic (exact) mass is 1500 g/mol. The minimum absolute atomic E-state index is 0.358. The molecular formula is C81H108N24O5. The van der Waals surface area contributed by atoms with Crippen LogP contribution >= 0.6 is 0 Å². The van der Waals surface area contributed by atoms with Gasteiger partial charge in [-0.25, -0.2) is 28.5 Å². The van der Waals surface area contributed by atoms with E-state index in [-0.39, 0.29) is 0 Å². The normalized spacial score (nSPS) is 17.5. The number of hydrogen-bond donors (Lipinski definition) is 8. The van der Waals surface area contributed by atoms with Crippen molar-refractivity contribution in [2.45, 2.75) is 47.0 Å². The second kappa shape index (κ2) is 36.0. The maximum atomic E-state index is 9.17. The highest BCUT2D eigenvalue weighted by Crippen LogP contribution is 2.39. The SMILES string of the molecule is CN(C)CCNc1nn2ccccc2c1N=C1C=C(OCCN2CCOCC2)c2[nH]ccc2C1=N.Cc1[nH]c2c(c1C)C(=N)C(=Nc1c(NCCN(C)C)nn3ccccc13)C=C2OCCN1CCOCC1.Cc1c2c(n(C)c1C)C(OCCN1CCCCC1)=CC(=Nc1c(NCCN(C)C)nn3ccccc13)C2=N. The largest absolute Gasteiger partial charge is 0.490 e. The van der Waals surface area contributed by atoms with Crippen molar-refractivity contribution in [2.75, 3.05) is 203 Å². The Balaban J connectivity index is 0.000000145. The van der Waals surface area contributed by atoms with E-state index >= 15 is 0 Å². The molecule has 3 fully saturated rings. The molecule has 0 radical (unpaired) electrons. The fraction of sp³-hybridized carbons (Fsp3) is 0.444. The van der Waals surface area contributed by atoms with Crippen LogP contribution in [-0.2, 0) is 30.7 Å². The summed E-state index contributed by atoms with van der Waals surface area (Å²) in [4.78, 5) is 35.2. The number of rotatable bonds is 27. The fourth-order valence-electron chi connectivity index (χ4n) is 14.2. The average molecular weight is 1500 g/mol. The molecule has 3 aliphatic carbocycles. The summed E-state index contributed by atoms with van der Waals surface area (Å²) in [6.07, 6.45) is 17.1. The number of nitrogens with zero attached hydrogens (tertiary/aromatic N) is 16. The van der Waals surface area contributed by atoms with Gasteiger partial charge in [0.25, 0.3) is 0 Å². The number of hydrogen-bond acceptors (Lipinski definition) is 23. The molecule has 9 aromatic heterocycles. The Labute approximate surface area is 643 Å². The molecule has 12 heterocycles. The molecule has 15 rings (SSSR count). The van der Waals surface area contributed by atoms with Crippen LogP contribution in [0.2, 0.25) is 0 Å². The van der Waals surface area contributed by atoms with E-state index in [9.17, 15) is 5.41 Å². The smallest absolute Gasteiger partial charge is 0.175 e. The Hall–Kier alpha value is -10.4. The first-order chi connectivity index (χ1) is 53.4. The number of likely N-dealkylation sites (N-methyl/N-ethyl adjacent to an activating group) is 3. The fourth-order valence-corrected chi connectivity index (χ4v) is 14.2. The third-order valence-corrected chi connectivity index (χ3v) is 20.8. The summed E-state index contributed by atoms with van der Waals surface area (Å²) in [5.74, 6) is 4.31.